The highest BCUT2D eigenvalue weighted by Gasteiger charge is 2.25. The molecule has 2 heteroatoms. The van der Waals surface area contributed by atoms with E-state index in [1.807, 2.05) is 11.3 Å². The molecule has 1 rings (SSSR count). The van der Waals surface area contributed by atoms with Crippen molar-refractivity contribution in [2.45, 2.75) is 78.0 Å². The fourth-order valence-electron chi connectivity index (χ4n) is 2.08. The maximum atomic E-state index is 5.59. The first-order valence-corrected chi connectivity index (χ1v) is 7.81. The van der Waals surface area contributed by atoms with Crippen molar-refractivity contribution in [3.63, 3.8) is 0 Å². The fourth-order valence-corrected chi connectivity index (χ4v) is 3.40. The third-order valence-corrected chi connectivity index (χ3v) is 5.16. The number of rotatable bonds is 4. The van der Waals surface area contributed by atoms with Crippen LogP contribution < -0.4 is 0 Å². The van der Waals surface area contributed by atoms with Crippen molar-refractivity contribution in [2.24, 2.45) is 0 Å². The molecule has 18 heavy (non-hydrogen) atoms. The lowest BCUT2D eigenvalue weighted by Crippen LogP contribution is -2.11. The van der Waals surface area contributed by atoms with Gasteiger partial charge >= 0.3 is 0 Å². The Labute approximate surface area is 119 Å². The number of hydrogen-bond donors (Lipinski definition) is 0. The minimum atomic E-state index is 0.256. The minimum Gasteiger partial charge on any atom is -0.144 e. The molecule has 0 nitrogen and oxygen atoms in total. The molecule has 100 valence electrons. The summed E-state index contributed by atoms with van der Waals surface area (Å²) in [6, 6.07) is 2.43. The number of aryl methyl sites for hydroxylation is 1. The van der Waals surface area contributed by atoms with Crippen LogP contribution in [0.4, 0.5) is 0 Å². The topological polar surface area (TPSA) is 0 Å². The summed E-state index contributed by atoms with van der Waals surface area (Å²) in [7, 11) is 5.59. The molecule has 0 aromatic carbocycles. The van der Waals surface area contributed by atoms with Crippen LogP contribution in [0.25, 0.3) is 0 Å². The number of hydrogen-bond acceptors (Lipinski definition) is 1. The third-order valence-electron chi connectivity index (χ3n) is 3.13. The van der Waals surface area contributed by atoms with Gasteiger partial charge in [-0.1, -0.05) is 54.3 Å². The van der Waals surface area contributed by atoms with Gasteiger partial charge in [0.05, 0.1) is 7.85 Å². The van der Waals surface area contributed by atoms with E-state index in [0.29, 0.717) is 0 Å². The minimum absolute atomic E-state index is 0.256. The number of thiophene rings is 1. The van der Waals surface area contributed by atoms with Crippen LogP contribution in [0.1, 0.15) is 69.7 Å². The highest BCUT2D eigenvalue weighted by Crippen LogP contribution is 2.39. The van der Waals surface area contributed by atoms with Gasteiger partial charge in [0.2, 0.25) is 0 Å². The lowest BCUT2D eigenvalue weighted by molar-refractivity contribution is 0.594. The summed E-state index contributed by atoms with van der Waals surface area (Å²) >= 11 is 2.00. The first-order chi connectivity index (χ1) is 8.16. The average molecular weight is 262 g/mol. The summed E-state index contributed by atoms with van der Waals surface area (Å²) in [6.45, 7) is 13.9. The quantitative estimate of drug-likeness (QED) is 0.513. The van der Waals surface area contributed by atoms with Crippen LogP contribution in [0.2, 0.25) is 6.32 Å². The molecule has 2 radical (unpaired) electrons. The molecule has 0 amide bonds. The highest BCUT2D eigenvalue weighted by atomic mass is 32.1. The summed E-state index contributed by atoms with van der Waals surface area (Å²) in [6.07, 6.45) is 4.32. The third kappa shape index (κ3) is 4.15. The van der Waals surface area contributed by atoms with Crippen molar-refractivity contribution < 1.29 is 0 Å². The van der Waals surface area contributed by atoms with E-state index in [-0.39, 0.29) is 10.8 Å². The Bertz CT molecular complexity index is 377. The van der Waals surface area contributed by atoms with Crippen LogP contribution in [-0.4, -0.2) is 7.85 Å². The molecule has 0 spiro atoms. The molecule has 0 saturated heterocycles. The summed E-state index contributed by atoms with van der Waals surface area (Å²) in [5.74, 6) is 0. The van der Waals surface area contributed by atoms with Gasteiger partial charge in [-0.15, -0.1) is 11.3 Å². The second-order valence-electron chi connectivity index (χ2n) is 7.21. The molecule has 0 aliphatic heterocycles. The van der Waals surface area contributed by atoms with Crippen LogP contribution in [0.5, 0.6) is 0 Å². The van der Waals surface area contributed by atoms with Crippen LogP contribution >= 0.6 is 11.3 Å². The van der Waals surface area contributed by atoms with E-state index in [9.17, 15) is 0 Å². The molecule has 0 fully saturated rings. The van der Waals surface area contributed by atoms with Gasteiger partial charge < -0.3 is 0 Å². The molecule has 0 atom stereocenters. The van der Waals surface area contributed by atoms with E-state index in [0.717, 1.165) is 12.7 Å². The van der Waals surface area contributed by atoms with Crippen LogP contribution in [-0.2, 0) is 17.3 Å². The van der Waals surface area contributed by atoms with Crippen molar-refractivity contribution in [3.05, 3.63) is 21.4 Å². The van der Waals surface area contributed by atoms with Gasteiger partial charge in [0, 0.05) is 9.75 Å². The molecule has 0 aliphatic rings. The molecule has 0 bridgehead atoms. The van der Waals surface area contributed by atoms with Crippen molar-refractivity contribution in [2.75, 3.05) is 0 Å². The van der Waals surface area contributed by atoms with Crippen molar-refractivity contribution in [1.82, 2.24) is 0 Å². The lowest BCUT2D eigenvalue weighted by atomic mass is 9.88. The maximum Gasteiger partial charge on any atom is 0.0653 e. The molecular formula is C16H27BS. The Morgan fingerprint density at radius 2 is 1.61 bits per heavy atom. The van der Waals surface area contributed by atoms with Gasteiger partial charge in [-0.05, 0) is 35.3 Å². The van der Waals surface area contributed by atoms with E-state index < -0.39 is 0 Å². The Morgan fingerprint density at radius 1 is 1.00 bits per heavy atom. The van der Waals surface area contributed by atoms with Crippen molar-refractivity contribution >= 4 is 19.2 Å². The zero-order valence-electron chi connectivity index (χ0n) is 12.9. The van der Waals surface area contributed by atoms with Gasteiger partial charge in [0.15, 0.2) is 0 Å². The first kappa shape index (κ1) is 15.8. The molecule has 1 aromatic heterocycles. The molecule has 0 unspecified atom stereocenters. The SMILES string of the molecule is [B]CCCCc1cc(C(C)(C)C)sc1C(C)(C)C. The highest BCUT2D eigenvalue weighted by molar-refractivity contribution is 7.12. The normalized spacial score (nSPS) is 13.0. The first-order valence-electron chi connectivity index (χ1n) is 7.00. The Hall–Kier alpha value is -0.235. The van der Waals surface area contributed by atoms with E-state index in [4.69, 9.17) is 7.85 Å². The second-order valence-corrected chi connectivity index (χ2v) is 8.26. The zero-order chi connectivity index (χ0) is 14.0. The summed E-state index contributed by atoms with van der Waals surface area (Å²) in [4.78, 5) is 3.07. The fraction of sp³-hybridized carbons (Fsp3) is 0.750. The summed E-state index contributed by atoms with van der Waals surface area (Å²) < 4.78 is 0. The van der Waals surface area contributed by atoms with E-state index >= 15 is 0 Å². The average Bonchev–Trinajstić information content (AvgIpc) is 2.61. The van der Waals surface area contributed by atoms with E-state index in [1.165, 1.54) is 17.7 Å². The predicted molar refractivity (Wildman–Crippen MR) is 85.2 cm³/mol. The molecular weight excluding hydrogens is 235 g/mol. The monoisotopic (exact) mass is 262 g/mol. The predicted octanol–water partition coefficient (Wildman–Crippen LogP) is 5.25. The van der Waals surface area contributed by atoms with Crippen LogP contribution in [0, 0.1) is 0 Å². The summed E-state index contributed by atoms with van der Waals surface area (Å²) in [5.41, 5.74) is 2.06. The number of unbranched alkanes of at least 4 members (excludes halogenated alkanes) is 1. The molecule has 0 aliphatic carbocycles. The standard InChI is InChI=1S/C16H27BS/c1-15(2,3)13-11-12(9-7-8-10-17)14(18-13)16(4,5)6/h11H,7-10H2,1-6H3. The maximum absolute atomic E-state index is 5.59. The molecule has 1 heterocycles. The van der Waals surface area contributed by atoms with Gasteiger partial charge in [-0.3, -0.25) is 0 Å². The summed E-state index contributed by atoms with van der Waals surface area (Å²) in [5, 5.41) is 0. The van der Waals surface area contributed by atoms with E-state index in [1.54, 1.807) is 10.4 Å². The van der Waals surface area contributed by atoms with Crippen molar-refractivity contribution in [1.29, 1.82) is 0 Å². The van der Waals surface area contributed by atoms with Gasteiger partial charge in [-0.25, -0.2) is 0 Å². The Kier molecular flexibility index (Phi) is 5.11. The molecule has 0 saturated carbocycles. The largest absolute Gasteiger partial charge is 0.144 e. The second kappa shape index (κ2) is 5.82. The smallest absolute Gasteiger partial charge is 0.0653 e. The Morgan fingerprint density at radius 3 is 2.06 bits per heavy atom. The van der Waals surface area contributed by atoms with E-state index in [2.05, 4.69) is 47.6 Å². The molecule has 1 aromatic rings. The van der Waals surface area contributed by atoms with Gasteiger partial charge in [0.25, 0.3) is 0 Å². The van der Waals surface area contributed by atoms with Gasteiger partial charge in [0.1, 0.15) is 0 Å². The van der Waals surface area contributed by atoms with Crippen molar-refractivity contribution in [3.8, 4) is 0 Å². The van der Waals surface area contributed by atoms with Crippen LogP contribution in [0.3, 0.4) is 0 Å². The van der Waals surface area contributed by atoms with Crippen LogP contribution in [0.15, 0.2) is 6.07 Å². The zero-order valence-corrected chi connectivity index (χ0v) is 13.7. The lowest BCUT2D eigenvalue weighted by Gasteiger charge is -2.19. The molecule has 0 N–H and O–H groups in total. The van der Waals surface area contributed by atoms with Gasteiger partial charge in [-0.2, -0.15) is 0 Å². The Balaban J connectivity index is 3.02.